The second kappa shape index (κ2) is 10.4. The maximum Gasteiger partial charge on any atom is 0.336 e. The van der Waals surface area contributed by atoms with E-state index in [1.54, 1.807) is 38.1 Å². The van der Waals surface area contributed by atoms with Crippen molar-refractivity contribution in [3.63, 3.8) is 0 Å². The number of carbonyl (C=O) groups excluding carboxylic acids is 2. The fourth-order valence-corrected chi connectivity index (χ4v) is 3.53. The van der Waals surface area contributed by atoms with Gasteiger partial charge < -0.3 is 19.9 Å². The van der Waals surface area contributed by atoms with Crippen LogP contribution in [0.25, 0.3) is 0 Å². The van der Waals surface area contributed by atoms with Gasteiger partial charge in [-0.15, -0.1) is 0 Å². The quantitative estimate of drug-likeness (QED) is 0.520. The van der Waals surface area contributed by atoms with Gasteiger partial charge in [-0.2, -0.15) is 0 Å². The number of halogens is 1. The second-order valence-electron chi connectivity index (χ2n) is 6.23. The van der Waals surface area contributed by atoms with Gasteiger partial charge in [0.1, 0.15) is 5.92 Å². The van der Waals surface area contributed by atoms with Crippen molar-refractivity contribution in [1.82, 2.24) is 0 Å². The molecule has 7 nitrogen and oxygen atoms in total. The lowest BCUT2D eigenvalue weighted by molar-refractivity contribution is -0.373. The average Bonchev–Trinajstić information content (AvgIpc) is 2.67. The van der Waals surface area contributed by atoms with E-state index in [9.17, 15) is 9.59 Å². The van der Waals surface area contributed by atoms with E-state index < -0.39 is 23.8 Å². The number of aliphatic imine (C=N–C) groups is 1. The number of hydrogen-bond acceptors (Lipinski definition) is 6. The van der Waals surface area contributed by atoms with Crippen molar-refractivity contribution < 1.29 is 29.5 Å². The van der Waals surface area contributed by atoms with E-state index in [-0.39, 0.29) is 18.8 Å². The molecule has 0 amide bonds. The van der Waals surface area contributed by atoms with E-state index in [2.05, 4.69) is 10.7 Å². The highest BCUT2D eigenvalue weighted by Crippen LogP contribution is 2.42. The molecule has 1 aromatic rings. The number of esters is 2. The van der Waals surface area contributed by atoms with Crippen LogP contribution in [0.2, 0.25) is 5.02 Å². The number of allylic oxidation sites excluding steroid dienone is 1. The van der Waals surface area contributed by atoms with Gasteiger partial charge in [0, 0.05) is 16.6 Å². The number of benzene rings is 1. The molecule has 0 saturated heterocycles. The van der Waals surface area contributed by atoms with Crippen LogP contribution in [0.3, 0.4) is 0 Å². The first kappa shape index (κ1) is 22.1. The molecule has 0 radical (unpaired) electrons. The molecule has 152 valence electrons. The minimum Gasteiger partial charge on any atom is -0.466 e. The van der Waals surface area contributed by atoms with Crippen LogP contribution < -0.4 is 5.73 Å². The topological polar surface area (TPSA) is 102 Å². The molecular weight excluding hydrogens is 384 g/mol. The highest BCUT2D eigenvalue weighted by atomic mass is 35.5. The van der Waals surface area contributed by atoms with Gasteiger partial charge in [-0.1, -0.05) is 29.8 Å². The first-order chi connectivity index (χ1) is 13.5. The van der Waals surface area contributed by atoms with E-state index in [1.807, 2.05) is 0 Å². The molecule has 0 aliphatic carbocycles. The number of rotatable bonds is 8. The predicted octanol–water partition coefficient (Wildman–Crippen LogP) is 1.76. The minimum absolute atomic E-state index is 0.131. The number of quaternary nitrogens is 1. The summed E-state index contributed by atoms with van der Waals surface area (Å²) in [7, 11) is 1.29. The Morgan fingerprint density at radius 3 is 2.61 bits per heavy atom. The van der Waals surface area contributed by atoms with E-state index in [1.165, 1.54) is 7.11 Å². The van der Waals surface area contributed by atoms with Gasteiger partial charge in [-0.05, 0) is 25.5 Å². The van der Waals surface area contributed by atoms with Gasteiger partial charge in [-0.25, -0.2) is 4.79 Å². The molecule has 2 atom stereocenters. The third kappa shape index (κ3) is 4.79. The molecule has 1 heterocycles. The Morgan fingerprint density at radius 1 is 1.29 bits per heavy atom. The van der Waals surface area contributed by atoms with E-state index in [4.69, 9.17) is 25.8 Å². The zero-order valence-corrected chi connectivity index (χ0v) is 17.1. The summed E-state index contributed by atoms with van der Waals surface area (Å²) in [6.45, 7) is 4.79. The maximum absolute atomic E-state index is 12.9. The maximum atomic E-state index is 12.9. The number of nitrogens with zero attached hydrogens (tertiary/aromatic N) is 1. The lowest BCUT2D eigenvalue weighted by Gasteiger charge is -2.32. The summed E-state index contributed by atoms with van der Waals surface area (Å²) in [6.07, 6.45) is 0. The number of hydrogen-bond donors (Lipinski definition) is 1. The minimum atomic E-state index is -0.845. The molecule has 0 bridgehead atoms. The molecule has 1 aliphatic heterocycles. The number of carbonyl (C=O) groups is 2. The first-order valence-electron chi connectivity index (χ1n) is 9.10. The zero-order chi connectivity index (χ0) is 20.7. The van der Waals surface area contributed by atoms with Crippen molar-refractivity contribution >= 4 is 29.3 Å². The van der Waals surface area contributed by atoms with E-state index in [0.717, 1.165) is 0 Å². The molecule has 8 heteroatoms. The highest BCUT2D eigenvalue weighted by Gasteiger charge is 2.44. The third-order valence-electron chi connectivity index (χ3n) is 4.43. The summed E-state index contributed by atoms with van der Waals surface area (Å²) in [6, 6.07) is 7.09. The van der Waals surface area contributed by atoms with Gasteiger partial charge >= 0.3 is 11.9 Å². The summed E-state index contributed by atoms with van der Waals surface area (Å²) >= 11 is 6.43. The van der Waals surface area contributed by atoms with Crippen molar-refractivity contribution in [3.05, 3.63) is 46.1 Å². The lowest BCUT2D eigenvalue weighted by Crippen LogP contribution is -2.52. The van der Waals surface area contributed by atoms with Gasteiger partial charge in [-0.3, -0.25) is 9.79 Å². The van der Waals surface area contributed by atoms with E-state index >= 15 is 0 Å². The Kier molecular flexibility index (Phi) is 8.17. The van der Waals surface area contributed by atoms with Gasteiger partial charge in [0.25, 0.3) is 0 Å². The smallest absolute Gasteiger partial charge is 0.336 e. The second-order valence-corrected chi connectivity index (χ2v) is 6.64. The van der Waals surface area contributed by atoms with Crippen LogP contribution in [-0.2, 0) is 23.8 Å². The molecule has 1 aliphatic rings. The van der Waals surface area contributed by atoms with Gasteiger partial charge in [0.05, 0.1) is 44.8 Å². The van der Waals surface area contributed by atoms with Crippen LogP contribution in [0.15, 0.2) is 40.5 Å². The number of ether oxygens (including phenoxy) is 3. The fraction of sp³-hybridized carbons (Fsp3) is 0.450. The van der Waals surface area contributed by atoms with Crippen molar-refractivity contribution in [1.29, 1.82) is 0 Å². The SMILES string of the molecule is CCOC(=O)C1C(COCC[NH3+])=NC(C)=C(C(=O)OC)[C@@H]1c1ccccc1Cl. The van der Waals surface area contributed by atoms with Gasteiger partial charge in [0.15, 0.2) is 0 Å². The zero-order valence-electron chi connectivity index (χ0n) is 16.4. The van der Waals surface area contributed by atoms with Crippen LogP contribution in [0.5, 0.6) is 0 Å². The summed E-state index contributed by atoms with van der Waals surface area (Å²) < 4.78 is 15.9. The predicted molar refractivity (Wildman–Crippen MR) is 105 cm³/mol. The summed E-state index contributed by atoms with van der Waals surface area (Å²) in [4.78, 5) is 30.0. The van der Waals surface area contributed by atoms with Gasteiger partial charge in [0.2, 0.25) is 0 Å². The highest BCUT2D eigenvalue weighted by molar-refractivity contribution is 6.31. The molecule has 0 fully saturated rings. The largest absolute Gasteiger partial charge is 0.466 e. The average molecular weight is 410 g/mol. The van der Waals surface area contributed by atoms with Crippen molar-refractivity contribution in [3.8, 4) is 0 Å². The number of methoxy groups -OCH3 is 1. The molecule has 0 spiro atoms. The van der Waals surface area contributed by atoms with Crippen molar-refractivity contribution in [2.24, 2.45) is 10.9 Å². The van der Waals surface area contributed by atoms with Crippen LogP contribution in [0.1, 0.15) is 25.3 Å². The Labute approximate surface area is 169 Å². The molecular formula is C20H26ClN2O5+. The van der Waals surface area contributed by atoms with Crippen molar-refractivity contribution in [2.45, 2.75) is 19.8 Å². The molecule has 3 N–H and O–H groups in total. The monoisotopic (exact) mass is 409 g/mol. The Bertz CT molecular complexity index is 791. The molecule has 1 unspecified atom stereocenters. The molecule has 0 saturated carbocycles. The Hall–Kier alpha value is -2.22. The summed E-state index contributed by atoms with van der Waals surface area (Å²) in [5, 5.41) is 0.441. The normalized spacial score (nSPS) is 19.2. The molecule has 2 rings (SSSR count). The third-order valence-corrected chi connectivity index (χ3v) is 4.77. The van der Waals surface area contributed by atoms with Crippen molar-refractivity contribution in [2.75, 3.05) is 33.5 Å². The summed E-state index contributed by atoms with van der Waals surface area (Å²) in [5.41, 5.74) is 5.61. The molecule has 28 heavy (non-hydrogen) atoms. The standard InChI is InChI=1S/C20H25ClN2O5/c1-4-28-20(25)18-15(11-27-10-9-22)23-12(2)16(19(24)26-3)17(18)13-7-5-6-8-14(13)21/h5-8,17-18H,4,9-11,22H2,1-3H3/p+1/t17-,18?/m0/s1. The lowest BCUT2D eigenvalue weighted by atomic mass is 9.75. The molecule has 1 aromatic carbocycles. The Balaban J connectivity index is 2.64. The van der Waals surface area contributed by atoms with Crippen LogP contribution in [0, 0.1) is 5.92 Å². The first-order valence-corrected chi connectivity index (χ1v) is 9.48. The fourth-order valence-electron chi connectivity index (χ4n) is 3.28. The van der Waals surface area contributed by atoms with Crippen LogP contribution in [0.4, 0.5) is 0 Å². The Morgan fingerprint density at radius 2 is 2.00 bits per heavy atom. The van der Waals surface area contributed by atoms with Crippen LogP contribution in [-0.4, -0.2) is 51.1 Å². The van der Waals surface area contributed by atoms with Crippen LogP contribution >= 0.6 is 11.6 Å². The van der Waals surface area contributed by atoms with E-state index in [0.29, 0.717) is 35.1 Å². The molecule has 0 aromatic heterocycles. The summed E-state index contributed by atoms with van der Waals surface area (Å²) in [5.74, 6) is -2.57.